The number of hydrogen-bond donors (Lipinski definition) is 2. The van der Waals surface area contributed by atoms with Gasteiger partial charge in [-0.05, 0) is 51.2 Å². The maximum Gasteiger partial charge on any atom is 0.425 e. The van der Waals surface area contributed by atoms with E-state index in [-0.39, 0.29) is 5.75 Å². The molecule has 16 heteroatoms. The molecule has 8 nitrogen and oxygen atoms in total. The lowest BCUT2D eigenvalue weighted by molar-refractivity contribution is -0.199. The second-order valence-electron chi connectivity index (χ2n) is 10.1. The molecule has 3 fully saturated rings. The fourth-order valence-electron chi connectivity index (χ4n) is 4.52. The molecule has 1 aromatic rings. The smallest absolute Gasteiger partial charge is 0.425 e. The number of carbonyl (C=O) groups is 2. The predicted molar refractivity (Wildman–Crippen MR) is 125 cm³/mol. The molecule has 1 saturated heterocycles. The van der Waals surface area contributed by atoms with Crippen LogP contribution in [0.1, 0.15) is 39.0 Å². The highest BCUT2D eigenvalue weighted by atomic mass is 35.5. The Kier molecular flexibility index (Phi) is 7.19. The van der Waals surface area contributed by atoms with Crippen LogP contribution in [0, 0.1) is 10.8 Å². The highest BCUT2D eigenvalue weighted by molar-refractivity contribution is 7.92. The third-order valence-corrected chi connectivity index (χ3v) is 10.0. The first-order chi connectivity index (χ1) is 17.9. The summed E-state index contributed by atoms with van der Waals surface area (Å²) < 4.78 is 111. The second kappa shape index (κ2) is 9.53. The van der Waals surface area contributed by atoms with E-state index in [1.165, 1.54) is 0 Å². The van der Waals surface area contributed by atoms with Crippen LogP contribution in [0.2, 0.25) is 5.02 Å². The third kappa shape index (κ3) is 5.43. The number of ether oxygens (including phenoxy) is 1. The number of nitrogens with zero attached hydrogens (tertiary/aromatic N) is 1. The minimum Gasteiger partial charge on any atom is -0.481 e. The summed E-state index contributed by atoms with van der Waals surface area (Å²) in [6.07, 6.45) is -11.5. The Hall–Kier alpha value is -2.55. The third-order valence-electron chi connectivity index (χ3n) is 7.39. The summed E-state index contributed by atoms with van der Waals surface area (Å²) in [5.74, 6) is -2.65. The van der Waals surface area contributed by atoms with E-state index in [0.717, 1.165) is 31.3 Å². The van der Waals surface area contributed by atoms with Gasteiger partial charge in [0, 0.05) is 18.8 Å². The largest absolute Gasteiger partial charge is 0.481 e. The molecule has 4 rings (SSSR count). The number of amides is 2. The fourth-order valence-corrected chi connectivity index (χ4v) is 6.75. The Morgan fingerprint density at radius 1 is 1.18 bits per heavy atom. The van der Waals surface area contributed by atoms with Gasteiger partial charge in [0.25, 0.3) is 0 Å². The number of rotatable bonds is 8. The molecule has 1 heterocycles. The zero-order valence-corrected chi connectivity index (χ0v) is 21.9. The van der Waals surface area contributed by atoms with E-state index in [9.17, 15) is 44.3 Å². The van der Waals surface area contributed by atoms with Crippen LogP contribution in [0.3, 0.4) is 0 Å². The van der Waals surface area contributed by atoms with Crippen LogP contribution in [0.15, 0.2) is 23.1 Å². The summed E-state index contributed by atoms with van der Waals surface area (Å²) in [4.78, 5) is 26.3. The van der Waals surface area contributed by atoms with E-state index >= 15 is 0 Å². The molecular formula is C23H24ClF6N3O5S. The first kappa shape index (κ1) is 29.4. The lowest BCUT2D eigenvalue weighted by atomic mass is 10.0. The SMILES string of the molecule is C[C@H](Oc1ccc(S(=O)(=O)[C@@H]2C[C@@H](C(=O)NC3(C=N)CC3)N(C(=O)C3(C(F)(F)F)CC3)C2)c(Cl)c1)C(F)(F)F. The summed E-state index contributed by atoms with van der Waals surface area (Å²) in [5, 5.41) is 7.97. The molecule has 2 amide bonds. The van der Waals surface area contributed by atoms with Crippen LogP contribution in [0.25, 0.3) is 0 Å². The molecule has 3 aliphatic rings. The van der Waals surface area contributed by atoms with Gasteiger partial charge in [0.1, 0.15) is 17.2 Å². The fraction of sp³-hybridized carbons (Fsp3) is 0.609. The van der Waals surface area contributed by atoms with Gasteiger partial charge in [-0.2, -0.15) is 26.3 Å². The molecule has 0 bridgehead atoms. The molecule has 1 aliphatic heterocycles. The van der Waals surface area contributed by atoms with Crippen molar-refractivity contribution in [3.8, 4) is 5.75 Å². The lowest BCUT2D eigenvalue weighted by Crippen LogP contribution is -2.53. The molecule has 0 spiro atoms. The van der Waals surface area contributed by atoms with Crippen molar-refractivity contribution in [3.63, 3.8) is 0 Å². The number of carbonyl (C=O) groups excluding carboxylic acids is 2. The Labute approximate surface area is 224 Å². The molecule has 0 radical (unpaired) electrons. The highest BCUT2D eigenvalue weighted by Gasteiger charge is 2.70. The average molecular weight is 604 g/mol. The standard InChI is InChI=1S/C23H24ClF6N3O5S/c1-12(22(25,26)27)38-13-2-3-17(15(24)8-13)39(36,37)14-9-16(18(34)32-20(11-31)4-5-20)33(10-14)19(35)21(6-7-21)23(28,29)30/h2-3,8,11-12,14,16,31H,4-7,9-10H2,1H3,(H,32,34)/t12-,14+,16-/m0/s1. The van der Waals surface area contributed by atoms with Crippen molar-refractivity contribution >= 4 is 39.5 Å². The summed E-state index contributed by atoms with van der Waals surface area (Å²) in [5.41, 5.74) is -3.69. The summed E-state index contributed by atoms with van der Waals surface area (Å²) in [7, 11) is -4.48. The van der Waals surface area contributed by atoms with Gasteiger partial charge in [-0.25, -0.2) is 8.42 Å². The van der Waals surface area contributed by atoms with E-state index < -0.39 is 98.1 Å². The maximum absolute atomic E-state index is 13.7. The number of hydrogen-bond acceptors (Lipinski definition) is 6. The van der Waals surface area contributed by atoms with E-state index in [1.807, 2.05) is 0 Å². The normalized spacial score (nSPS) is 24.6. The zero-order valence-electron chi connectivity index (χ0n) is 20.3. The predicted octanol–water partition coefficient (Wildman–Crippen LogP) is 4.05. The van der Waals surface area contributed by atoms with Crippen molar-refractivity contribution in [1.29, 1.82) is 5.41 Å². The molecule has 2 N–H and O–H groups in total. The second-order valence-corrected chi connectivity index (χ2v) is 12.7. The van der Waals surface area contributed by atoms with Gasteiger partial charge in [-0.15, -0.1) is 0 Å². The number of likely N-dealkylation sites (tertiary alicyclic amines) is 1. The molecule has 39 heavy (non-hydrogen) atoms. The topological polar surface area (TPSA) is 117 Å². The van der Waals surface area contributed by atoms with Crippen LogP contribution in [-0.2, 0) is 19.4 Å². The number of benzene rings is 1. The van der Waals surface area contributed by atoms with Crippen molar-refractivity contribution in [3.05, 3.63) is 23.2 Å². The Balaban J connectivity index is 1.62. The van der Waals surface area contributed by atoms with Gasteiger partial charge < -0.3 is 20.4 Å². The van der Waals surface area contributed by atoms with Crippen molar-refractivity contribution in [2.24, 2.45) is 5.41 Å². The van der Waals surface area contributed by atoms with E-state index in [1.54, 1.807) is 0 Å². The Morgan fingerprint density at radius 2 is 1.79 bits per heavy atom. The van der Waals surface area contributed by atoms with Crippen molar-refractivity contribution in [1.82, 2.24) is 10.2 Å². The molecule has 2 saturated carbocycles. The molecule has 216 valence electrons. The Bertz CT molecular complexity index is 1290. The first-order valence-electron chi connectivity index (χ1n) is 11.9. The highest BCUT2D eigenvalue weighted by Crippen LogP contribution is 2.59. The van der Waals surface area contributed by atoms with Gasteiger partial charge in [0.05, 0.1) is 20.7 Å². The quantitative estimate of drug-likeness (QED) is 0.344. The molecule has 0 aromatic heterocycles. The van der Waals surface area contributed by atoms with Gasteiger partial charge in [-0.3, -0.25) is 9.59 Å². The van der Waals surface area contributed by atoms with Crippen LogP contribution in [0.5, 0.6) is 5.75 Å². The van der Waals surface area contributed by atoms with E-state index in [0.29, 0.717) is 17.7 Å². The van der Waals surface area contributed by atoms with Gasteiger partial charge in [0.2, 0.25) is 11.8 Å². The summed E-state index contributed by atoms with van der Waals surface area (Å²) in [6, 6.07) is 1.17. The molecule has 0 unspecified atom stereocenters. The Morgan fingerprint density at radius 3 is 2.26 bits per heavy atom. The maximum atomic E-state index is 13.7. The van der Waals surface area contributed by atoms with Gasteiger partial charge >= 0.3 is 12.4 Å². The van der Waals surface area contributed by atoms with Crippen LogP contribution in [-0.4, -0.2) is 73.2 Å². The summed E-state index contributed by atoms with van der Waals surface area (Å²) in [6.45, 7) is 0.0140. The first-order valence-corrected chi connectivity index (χ1v) is 13.8. The van der Waals surface area contributed by atoms with Crippen molar-refractivity contribution in [2.45, 2.75) is 79.2 Å². The molecular weight excluding hydrogens is 580 g/mol. The lowest BCUT2D eigenvalue weighted by Gasteiger charge is -2.30. The molecule has 1 aromatic carbocycles. The van der Waals surface area contributed by atoms with E-state index in [2.05, 4.69) is 5.32 Å². The van der Waals surface area contributed by atoms with E-state index in [4.69, 9.17) is 21.7 Å². The van der Waals surface area contributed by atoms with Gasteiger partial charge in [-0.1, -0.05) is 11.6 Å². The van der Waals surface area contributed by atoms with Crippen molar-refractivity contribution < 1.29 is 49.1 Å². The number of nitrogens with one attached hydrogen (secondary N) is 2. The zero-order chi connectivity index (χ0) is 29.2. The number of halogens is 7. The monoisotopic (exact) mass is 603 g/mol. The minimum absolute atomic E-state index is 0.369. The molecule has 3 atom stereocenters. The average Bonchev–Trinajstić information content (AvgIpc) is 3.74. The van der Waals surface area contributed by atoms with Crippen LogP contribution in [0.4, 0.5) is 26.3 Å². The van der Waals surface area contributed by atoms with Crippen LogP contribution >= 0.6 is 11.6 Å². The minimum atomic E-state index is -4.90. The molecule has 2 aliphatic carbocycles. The van der Waals surface area contributed by atoms with Crippen LogP contribution < -0.4 is 10.1 Å². The number of sulfone groups is 1. The summed E-state index contributed by atoms with van der Waals surface area (Å²) >= 11 is 6.07. The van der Waals surface area contributed by atoms with Crippen molar-refractivity contribution in [2.75, 3.05) is 6.54 Å². The number of alkyl halides is 6. The van der Waals surface area contributed by atoms with Gasteiger partial charge in [0.15, 0.2) is 15.9 Å².